The zero-order valence-corrected chi connectivity index (χ0v) is 22.9. The first-order valence-corrected chi connectivity index (χ1v) is 14.2. The number of para-hydroxylation sites is 5. The van der Waals surface area contributed by atoms with Crippen LogP contribution in [0.3, 0.4) is 0 Å². The highest BCUT2D eigenvalue weighted by molar-refractivity contribution is 6.09. The normalized spacial score (nSPS) is 11.7. The van der Waals surface area contributed by atoms with E-state index in [1.165, 1.54) is 0 Å². The van der Waals surface area contributed by atoms with Crippen LogP contribution in [0.1, 0.15) is 5.56 Å². The third-order valence-corrected chi connectivity index (χ3v) is 8.36. The van der Waals surface area contributed by atoms with Gasteiger partial charge in [0.15, 0.2) is 0 Å². The van der Waals surface area contributed by atoms with Gasteiger partial charge in [0.25, 0.3) is 0 Å². The summed E-state index contributed by atoms with van der Waals surface area (Å²) in [7, 11) is 0. The van der Waals surface area contributed by atoms with E-state index in [0.29, 0.717) is 5.56 Å². The molecule has 0 aliphatic carbocycles. The van der Waals surface area contributed by atoms with Crippen molar-refractivity contribution in [3.05, 3.63) is 139 Å². The van der Waals surface area contributed by atoms with Crippen LogP contribution in [0.5, 0.6) is 0 Å². The number of imidazole rings is 2. The van der Waals surface area contributed by atoms with Gasteiger partial charge >= 0.3 is 0 Å². The van der Waals surface area contributed by atoms with Gasteiger partial charge in [-0.25, -0.2) is 4.98 Å². The summed E-state index contributed by atoms with van der Waals surface area (Å²) in [6, 6.07) is 43.9. The Hall–Kier alpha value is -6.19. The van der Waals surface area contributed by atoms with Crippen molar-refractivity contribution in [1.82, 2.24) is 23.5 Å². The van der Waals surface area contributed by atoms with Crippen LogP contribution in [0, 0.1) is 11.3 Å². The quantitative estimate of drug-likeness (QED) is 0.222. The minimum absolute atomic E-state index is 0.611. The average molecular weight is 551 g/mol. The number of pyridine rings is 1. The molecule has 0 atom stereocenters. The van der Waals surface area contributed by atoms with Gasteiger partial charge in [-0.2, -0.15) is 5.26 Å². The lowest BCUT2D eigenvalue weighted by Gasteiger charge is -2.15. The number of fused-ring (bicyclic) bond motifs is 8. The van der Waals surface area contributed by atoms with Crippen molar-refractivity contribution in [1.29, 1.82) is 5.26 Å². The van der Waals surface area contributed by atoms with Gasteiger partial charge in [0.1, 0.15) is 0 Å². The average Bonchev–Trinajstić information content (AvgIpc) is 3.71. The standard InChI is InChI=1S/C37H22N6/c38-22-24-16-17-32(42-31-12-3-1-10-27(31)29-23-39-19-18-33(29)42)28(20-24)25-8-7-9-26(21-25)41-35-14-5-6-15-36(35)43-34-13-4-2-11-30(34)40-37(41)43/h1-21,23H. The fourth-order valence-corrected chi connectivity index (χ4v) is 6.53. The molecule has 6 nitrogen and oxygen atoms in total. The van der Waals surface area contributed by atoms with Crippen LogP contribution < -0.4 is 0 Å². The summed E-state index contributed by atoms with van der Waals surface area (Å²) in [5.41, 5.74) is 11.0. The number of nitriles is 1. The third kappa shape index (κ3) is 3.33. The van der Waals surface area contributed by atoms with Gasteiger partial charge < -0.3 is 4.57 Å². The van der Waals surface area contributed by atoms with Crippen molar-refractivity contribution >= 4 is 49.7 Å². The van der Waals surface area contributed by atoms with E-state index in [1.54, 1.807) is 0 Å². The summed E-state index contributed by atoms with van der Waals surface area (Å²) in [5.74, 6) is 0.862. The Labute approximate surface area is 245 Å². The van der Waals surface area contributed by atoms with Gasteiger partial charge in [-0.3, -0.25) is 14.0 Å². The van der Waals surface area contributed by atoms with Gasteiger partial charge in [0.2, 0.25) is 5.78 Å². The van der Waals surface area contributed by atoms with Crippen molar-refractivity contribution < 1.29 is 0 Å². The van der Waals surface area contributed by atoms with E-state index in [4.69, 9.17) is 4.98 Å². The Bertz CT molecular complexity index is 2540. The van der Waals surface area contributed by atoms with Gasteiger partial charge in [0.05, 0.1) is 50.4 Å². The molecule has 0 fully saturated rings. The molecule has 0 spiro atoms. The molecule has 0 aliphatic rings. The molecule has 9 aromatic rings. The summed E-state index contributed by atoms with van der Waals surface area (Å²) in [5, 5.41) is 12.1. The Balaban J connectivity index is 1.33. The largest absolute Gasteiger partial charge is 0.309 e. The fraction of sp³-hybridized carbons (Fsp3) is 0. The first-order chi connectivity index (χ1) is 21.3. The van der Waals surface area contributed by atoms with Crippen LogP contribution in [0.2, 0.25) is 0 Å². The molecule has 4 heterocycles. The second-order valence-corrected chi connectivity index (χ2v) is 10.7. The first kappa shape index (κ1) is 23.5. The Morgan fingerprint density at radius 2 is 1.37 bits per heavy atom. The molecule has 4 aromatic heterocycles. The van der Waals surface area contributed by atoms with Crippen LogP contribution in [0.4, 0.5) is 0 Å². The monoisotopic (exact) mass is 550 g/mol. The van der Waals surface area contributed by atoms with E-state index in [2.05, 4.69) is 128 Å². The number of hydrogen-bond acceptors (Lipinski definition) is 3. The minimum Gasteiger partial charge on any atom is -0.309 e. The van der Waals surface area contributed by atoms with Crippen LogP contribution in [0.25, 0.3) is 72.2 Å². The van der Waals surface area contributed by atoms with E-state index >= 15 is 0 Å². The summed E-state index contributed by atoms with van der Waals surface area (Å²) >= 11 is 0. The molecule has 0 unspecified atom stereocenters. The molecule has 9 rings (SSSR count). The minimum atomic E-state index is 0.611. The van der Waals surface area contributed by atoms with Gasteiger partial charge in [0, 0.05) is 34.4 Å². The number of aromatic nitrogens is 5. The molecule has 0 bridgehead atoms. The second kappa shape index (κ2) is 8.90. The summed E-state index contributed by atoms with van der Waals surface area (Å²) in [4.78, 5) is 9.47. The molecule has 0 amide bonds. The van der Waals surface area contributed by atoms with E-state index in [-0.39, 0.29) is 0 Å². The molecule has 0 saturated heterocycles. The lowest BCUT2D eigenvalue weighted by Crippen LogP contribution is -1.99. The smallest absolute Gasteiger partial charge is 0.220 e. The molecule has 200 valence electrons. The third-order valence-electron chi connectivity index (χ3n) is 8.36. The van der Waals surface area contributed by atoms with Crippen molar-refractivity contribution in [2.75, 3.05) is 0 Å². The maximum atomic E-state index is 9.90. The zero-order valence-electron chi connectivity index (χ0n) is 22.9. The molecule has 5 aromatic carbocycles. The summed E-state index contributed by atoms with van der Waals surface area (Å²) < 4.78 is 6.73. The molecule has 6 heteroatoms. The SMILES string of the molecule is N#Cc1ccc(-n2c3ccccc3c3cnccc32)c(-c2cccc(-n3c4ccccc4n4c5ccccc5nc34)c2)c1. The molecule has 0 saturated carbocycles. The predicted octanol–water partition coefficient (Wildman–Crippen LogP) is 8.46. The topological polar surface area (TPSA) is 63.8 Å². The van der Waals surface area contributed by atoms with Crippen LogP contribution >= 0.6 is 0 Å². The Kier molecular flexibility index (Phi) is 4.87. The molecular formula is C37H22N6. The van der Waals surface area contributed by atoms with E-state index in [1.807, 2.05) is 30.6 Å². The van der Waals surface area contributed by atoms with Crippen molar-refractivity contribution in [3.8, 4) is 28.6 Å². The maximum absolute atomic E-state index is 9.90. The maximum Gasteiger partial charge on any atom is 0.220 e. The highest BCUT2D eigenvalue weighted by Crippen LogP contribution is 2.37. The van der Waals surface area contributed by atoms with Gasteiger partial charge in [-0.1, -0.05) is 54.6 Å². The van der Waals surface area contributed by atoms with Crippen LogP contribution in [0.15, 0.2) is 134 Å². The molecular weight excluding hydrogens is 528 g/mol. The predicted molar refractivity (Wildman–Crippen MR) is 172 cm³/mol. The summed E-state index contributed by atoms with van der Waals surface area (Å²) in [6.07, 6.45) is 3.76. The van der Waals surface area contributed by atoms with Gasteiger partial charge in [-0.15, -0.1) is 0 Å². The first-order valence-electron chi connectivity index (χ1n) is 14.2. The van der Waals surface area contributed by atoms with Gasteiger partial charge in [-0.05, 0) is 72.3 Å². The molecule has 0 N–H and O–H groups in total. The number of rotatable bonds is 3. The van der Waals surface area contributed by atoms with E-state index in [9.17, 15) is 5.26 Å². The number of nitrogens with zero attached hydrogens (tertiary/aromatic N) is 6. The van der Waals surface area contributed by atoms with Crippen LogP contribution in [-0.2, 0) is 0 Å². The highest BCUT2D eigenvalue weighted by atomic mass is 15.2. The Morgan fingerprint density at radius 1 is 0.605 bits per heavy atom. The van der Waals surface area contributed by atoms with Crippen molar-refractivity contribution in [3.63, 3.8) is 0 Å². The van der Waals surface area contributed by atoms with Crippen molar-refractivity contribution in [2.45, 2.75) is 0 Å². The lowest BCUT2D eigenvalue weighted by molar-refractivity contribution is 1.11. The number of benzene rings is 5. The number of hydrogen-bond donors (Lipinski definition) is 0. The summed E-state index contributed by atoms with van der Waals surface area (Å²) in [6.45, 7) is 0. The van der Waals surface area contributed by atoms with E-state index < -0.39 is 0 Å². The molecule has 43 heavy (non-hydrogen) atoms. The molecule has 0 aliphatic heterocycles. The van der Waals surface area contributed by atoms with Crippen molar-refractivity contribution in [2.24, 2.45) is 0 Å². The Morgan fingerprint density at radius 3 is 2.26 bits per heavy atom. The highest BCUT2D eigenvalue weighted by Gasteiger charge is 2.19. The fourth-order valence-electron chi connectivity index (χ4n) is 6.53. The molecule has 0 radical (unpaired) electrons. The van der Waals surface area contributed by atoms with E-state index in [0.717, 1.165) is 72.2 Å². The lowest BCUT2D eigenvalue weighted by atomic mass is 10.00. The zero-order chi connectivity index (χ0) is 28.5. The second-order valence-electron chi connectivity index (χ2n) is 10.7. The van der Waals surface area contributed by atoms with Crippen LogP contribution in [-0.4, -0.2) is 23.5 Å².